The maximum atomic E-state index is 12.3. The lowest BCUT2D eigenvalue weighted by Crippen LogP contribution is -2.11. The van der Waals surface area contributed by atoms with Crippen molar-refractivity contribution in [3.05, 3.63) is 89.1 Å². The van der Waals surface area contributed by atoms with Crippen LogP contribution in [0.5, 0.6) is 0 Å². The van der Waals surface area contributed by atoms with Crippen LogP contribution in [0, 0.1) is 23.2 Å². The summed E-state index contributed by atoms with van der Waals surface area (Å²) in [6.45, 7) is 50.2. The van der Waals surface area contributed by atoms with Gasteiger partial charge in [0.25, 0.3) is 0 Å². The molecule has 0 fully saturated rings. The van der Waals surface area contributed by atoms with Gasteiger partial charge < -0.3 is 10.2 Å². The van der Waals surface area contributed by atoms with Crippen LogP contribution >= 0.6 is 0 Å². The van der Waals surface area contributed by atoms with Gasteiger partial charge in [-0.05, 0) is 71.4 Å². The van der Waals surface area contributed by atoms with Gasteiger partial charge in [0.2, 0.25) is 0 Å². The van der Waals surface area contributed by atoms with E-state index in [4.69, 9.17) is 0 Å². The van der Waals surface area contributed by atoms with Gasteiger partial charge in [0.05, 0.1) is 46.5 Å². The van der Waals surface area contributed by atoms with E-state index in [2.05, 4.69) is 153 Å². The molecule has 62 heavy (non-hydrogen) atoms. The first-order valence-corrected chi connectivity index (χ1v) is 23.3. The smallest absolute Gasteiger partial charge is 0.159 e. The van der Waals surface area contributed by atoms with Crippen molar-refractivity contribution in [1.82, 2.24) is 30.0 Å². The number of carbonyl (C=O) groups is 1. The molecular formula is C52H99BN6O3. The second-order valence-corrected chi connectivity index (χ2v) is 17.3. The highest BCUT2D eigenvalue weighted by molar-refractivity contribution is 6.05. The van der Waals surface area contributed by atoms with Crippen LogP contribution in [0.1, 0.15) is 216 Å². The number of ketones is 1. The zero-order chi connectivity index (χ0) is 49.9. The number of nitrogens with zero attached hydrogens (tertiary/aromatic N) is 6. The molecule has 2 aromatic heterocycles. The number of aromatic nitrogens is 6. The summed E-state index contributed by atoms with van der Waals surface area (Å²) in [5, 5.41) is 34.7. The highest BCUT2D eigenvalue weighted by Gasteiger charge is 2.17. The molecule has 2 N–H and O–H groups in total. The molecule has 3 rings (SSSR count). The monoisotopic (exact) mass is 867 g/mol. The van der Waals surface area contributed by atoms with Gasteiger partial charge in [-0.15, -0.1) is 10.2 Å². The van der Waals surface area contributed by atoms with Gasteiger partial charge in [0.15, 0.2) is 5.78 Å². The maximum absolute atomic E-state index is 12.3. The molecule has 2 radical (unpaired) electrons. The SMILES string of the molecule is C=C/C=C(\C=C/C)c1c(Cn2cc(CO)nn2)cc(C(C)=O)cc1Cn1cc(CO)nn1.CC.CC(C)(C)C.CC(C)C.CCC.CCC(C)C.CCC(C)C.CCCC.[B]C. The summed E-state index contributed by atoms with van der Waals surface area (Å²) in [6.07, 6.45) is 17.3. The van der Waals surface area contributed by atoms with Crippen LogP contribution < -0.4 is 0 Å². The molecular weight excluding hydrogens is 767 g/mol. The third kappa shape index (κ3) is 45.9. The Balaban J connectivity index is -0.000000212. The summed E-state index contributed by atoms with van der Waals surface area (Å²) in [7, 11) is 4.50. The molecule has 0 spiro atoms. The van der Waals surface area contributed by atoms with Gasteiger partial charge in [-0.3, -0.25) is 4.79 Å². The minimum Gasteiger partial charge on any atom is -0.390 e. The van der Waals surface area contributed by atoms with E-state index >= 15 is 0 Å². The average Bonchev–Trinajstić information content (AvgIpc) is 3.88. The Morgan fingerprint density at radius 1 is 0.758 bits per heavy atom. The summed E-state index contributed by atoms with van der Waals surface area (Å²) in [6, 6.07) is 3.70. The summed E-state index contributed by atoms with van der Waals surface area (Å²) < 4.78 is 3.25. The van der Waals surface area contributed by atoms with Crippen molar-refractivity contribution in [3.8, 4) is 0 Å². The van der Waals surface area contributed by atoms with Crippen LogP contribution in [0.4, 0.5) is 0 Å². The summed E-state index contributed by atoms with van der Waals surface area (Å²) >= 11 is 0. The quantitative estimate of drug-likeness (QED) is 0.0997. The number of Topliss-reactive ketones (excluding diaryl/α,β-unsaturated/α-hetero) is 1. The molecule has 358 valence electrons. The predicted octanol–water partition coefficient (Wildman–Crippen LogP) is 14.6. The highest BCUT2D eigenvalue weighted by atomic mass is 16.3. The van der Waals surface area contributed by atoms with Crippen LogP contribution in [0.15, 0.2) is 55.4 Å². The zero-order valence-corrected chi connectivity index (χ0v) is 44.5. The largest absolute Gasteiger partial charge is 0.390 e. The number of hydrogen-bond donors (Lipinski definition) is 2. The van der Waals surface area contributed by atoms with Crippen molar-refractivity contribution in [1.29, 1.82) is 0 Å². The van der Waals surface area contributed by atoms with E-state index in [1.165, 1.54) is 45.9 Å². The van der Waals surface area contributed by atoms with E-state index in [-0.39, 0.29) is 19.0 Å². The molecule has 0 aliphatic carbocycles. The fraction of sp³-hybridized carbons (Fsp3) is 0.673. The molecule has 9 nitrogen and oxygen atoms in total. The minimum absolute atomic E-state index is 0.0661. The van der Waals surface area contributed by atoms with Gasteiger partial charge in [-0.2, -0.15) is 0 Å². The van der Waals surface area contributed by atoms with Crippen molar-refractivity contribution < 1.29 is 15.0 Å². The molecule has 0 aliphatic heterocycles. The summed E-state index contributed by atoms with van der Waals surface area (Å²) in [4.78, 5) is 12.3. The number of rotatable bonds is 13. The molecule has 0 amide bonds. The Bertz CT molecular complexity index is 1410. The summed E-state index contributed by atoms with van der Waals surface area (Å²) in [5.74, 6) is 2.54. The van der Waals surface area contributed by atoms with E-state index in [9.17, 15) is 15.0 Å². The summed E-state index contributed by atoms with van der Waals surface area (Å²) in [5.41, 5.74) is 5.52. The number of carbonyl (C=O) groups excluding carboxylic acids is 1. The minimum atomic E-state index is -0.203. The van der Waals surface area contributed by atoms with E-state index < -0.39 is 0 Å². The molecule has 10 heteroatoms. The number of benzene rings is 1. The van der Waals surface area contributed by atoms with Crippen LogP contribution in [0.25, 0.3) is 5.57 Å². The van der Waals surface area contributed by atoms with E-state index in [1.807, 2.05) is 51.1 Å². The van der Waals surface area contributed by atoms with Crippen molar-refractivity contribution >= 4 is 19.2 Å². The number of aliphatic hydroxyl groups excluding tert-OH is 2. The van der Waals surface area contributed by atoms with Crippen molar-refractivity contribution in [2.45, 2.75) is 211 Å². The number of unbranched alkanes of at least 4 members (excludes halogenated alkanes) is 1. The molecule has 1 aromatic carbocycles. The average molecular weight is 867 g/mol. The Hall–Kier alpha value is -3.63. The molecule has 0 atom stereocenters. The van der Waals surface area contributed by atoms with Gasteiger partial charge in [0, 0.05) is 5.56 Å². The zero-order valence-electron chi connectivity index (χ0n) is 44.5. The lowest BCUT2D eigenvalue weighted by molar-refractivity contribution is 0.101. The third-order valence-electron chi connectivity index (χ3n) is 6.93. The lowest BCUT2D eigenvalue weighted by Gasteiger charge is -2.18. The van der Waals surface area contributed by atoms with Gasteiger partial charge >= 0.3 is 0 Å². The third-order valence-corrected chi connectivity index (χ3v) is 6.93. The Morgan fingerprint density at radius 3 is 1.26 bits per heavy atom. The predicted molar refractivity (Wildman–Crippen MR) is 275 cm³/mol. The fourth-order valence-electron chi connectivity index (χ4n) is 3.45. The number of hydrogen-bond acceptors (Lipinski definition) is 7. The first kappa shape index (κ1) is 70.1. The van der Waals surface area contributed by atoms with Gasteiger partial charge in [-0.25, -0.2) is 9.36 Å². The van der Waals surface area contributed by atoms with Crippen LogP contribution in [-0.4, -0.2) is 53.8 Å². The van der Waals surface area contributed by atoms with Crippen LogP contribution in [-0.2, 0) is 26.3 Å². The molecule has 0 saturated heterocycles. The topological polar surface area (TPSA) is 119 Å². The number of aliphatic hydroxyl groups is 2. The highest BCUT2D eigenvalue weighted by Crippen LogP contribution is 2.29. The van der Waals surface area contributed by atoms with Crippen LogP contribution in [0.3, 0.4) is 0 Å². The molecule has 0 saturated carbocycles. The molecule has 0 unspecified atom stereocenters. The van der Waals surface area contributed by atoms with Crippen molar-refractivity contribution in [2.75, 3.05) is 0 Å². The molecule has 3 aromatic rings. The lowest BCUT2D eigenvalue weighted by atomic mass is 9.90. The number of allylic oxidation sites excluding steroid dienone is 5. The molecule has 0 bridgehead atoms. The van der Waals surface area contributed by atoms with E-state index in [1.54, 1.807) is 27.8 Å². The second kappa shape index (κ2) is 46.9. The van der Waals surface area contributed by atoms with Crippen molar-refractivity contribution in [3.63, 3.8) is 0 Å². The van der Waals surface area contributed by atoms with Crippen LogP contribution in [0.2, 0.25) is 6.82 Å². The second-order valence-electron chi connectivity index (χ2n) is 17.3. The Kier molecular flexibility index (Phi) is 53.0. The normalized spacial score (nSPS) is 10.2. The first-order chi connectivity index (χ1) is 29.1. The van der Waals surface area contributed by atoms with E-state index in [0.717, 1.165) is 40.0 Å². The Labute approximate surface area is 385 Å². The standard InChI is InChI=1S/C23H26N6O3.3C5H12.2C4H10.C3H8.C2H6.CH3B/c1-4-6-17(7-5-2)23-19(10-28-12-21(14-30)24-26-28)8-18(16(3)32)9-20(23)11-29-13-22(15-31)25-27-29;1-5(2,3)4;2*1-4-5(2)3;1-4(2)3;1-3-4-2;1-3-2;2*1-2/h4-9,12-13,30-31H,1,10-11,14-15H2,2-3H3;1-4H3;2*5H,4H2,1-3H3;4H,1-3H3;3-4H2,1-2H3;3H2,1-2H3;1-2H3;1H3/b7-5-,17-6+;;;;;;;;. The first-order valence-electron chi connectivity index (χ1n) is 23.3. The Morgan fingerprint density at radius 2 is 1.06 bits per heavy atom. The molecule has 2 heterocycles. The van der Waals surface area contributed by atoms with Gasteiger partial charge in [-0.1, -0.05) is 212 Å². The van der Waals surface area contributed by atoms with E-state index in [0.29, 0.717) is 35.5 Å². The fourth-order valence-corrected chi connectivity index (χ4v) is 3.45. The van der Waals surface area contributed by atoms with Gasteiger partial charge in [0.1, 0.15) is 11.4 Å². The maximum Gasteiger partial charge on any atom is 0.159 e. The van der Waals surface area contributed by atoms with Crippen molar-refractivity contribution in [2.24, 2.45) is 23.2 Å². The molecule has 0 aliphatic rings.